The summed E-state index contributed by atoms with van der Waals surface area (Å²) in [6.07, 6.45) is 0.891. The predicted octanol–water partition coefficient (Wildman–Crippen LogP) is 2.45. The number of nitrogens with one attached hydrogen (secondary N) is 3. The van der Waals surface area contributed by atoms with Crippen molar-refractivity contribution in [3.63, 3.8) is 0 Å². The smallest absolute Gasteiger partial charge is 0.319 e. The molecule has 0 radical (unpaired) electrons. The molecule has 1 aromatic rings. The van der Waals surface area contributed by atoms with Crippen LogP contribution in [-0.4, -0.2) is 18.5 Å². The van der Waals surface area contributed by atoms with Gasteiger partial charge < -0.3 is 16.0 Å². The Morgan fingerprint density at radius 1 is 1.37 bits per heavy atom. The molecule has 0 unspecified atom stereocenters. The molecule has 19 heavy (non-hydrogen) atoms. The molecule has 1 heterocycles. The molecule has 0 saturated carbocycles. The molecule has 0 atom stereocenters. The van der Waals surface area contributed by atoms with Gasteiger partial charge in [0.2, 0.25) is 5.91 Å². The minimum atomic E-state index is -0.516. The van der Waals surface area contributed by atoms with Crippen molar-refractivity contribution < 1.29 is 9.59 Å². The topological polar surface area (TPSA) is 70.2 Å². The Kier molecular flexibility index (Phi) is 3.46. The molecule has 0 aliphatic carbocycles. The molecule has 1 aliphatic rings. The maximum Gasteiger partial charge on any atom is 0.319 e. The monoisotopic (exact) mass is 261 g/mol. The summed E-state index contributed by atoms with van der Waals surface area (Å²) >= 11 is 0. The minimum absolute atomic E-state index is 0.0184. The van der Waals surface area contributed by atoms with E-state index in [2.05, 4.69) is 16.0 Å². The van der Waals surface area contributed by atoms with E-state index in [0.29, 0.717) is 12.2 Å². The van der Waals surface area contributed by atoms with Crippen LogP contribution >= 0.6 is 0 Å². The lowest BCUT2D eigenvalue weighted by Gasteiger charge is -2.15. The fraction of sp³-hybridized carbons (Fsp3) is 0.429. The summed E-state index contributed by atoms with van der Waals surface area (Å²) in [6, 6.07) is 5.24. The van der Waals surface area contributed by atoms with E-state index in [-0.39, 0.29) is 11.9 Å². The van der Waals surface area contributed by atoms with Crippen molar-refractivity contribution in [3.05, 3.63) is 23.8 Å². The molecule has 0 bridgehead atoms. The van der Waals surface area contributed by atoms with E-state index in [4.69, 9.17) is 0 Å². The molecule has 3 amide bonds. The van der Waals surface area contributed by atoms with Gasteiger partial charge in [-0.2, -0.15) is 0 Å². The van der Waals surface area contributed by atoms with Crippen molar-refractivity contribution in [2.24, 2.45) is 0 Å². The number of carbonyl (C=O) groups is 2. The Bertz CT molecular complexity index is 523. The van der Waals surface area contributed by atoms with Gasteiger partial charge in [0, 0.05) is 17.9 Å². The van der Waals surface area contributed by atoms with Gasteiger partial charge in [0.05, 0.1) is 5.41 Å². The molecule has 0 fully saturated rings. The molecule has 102 valence electrons. The third kappa shape index (κ3) is 2.54. The molecule has 5 nitrogen and oxygen atoms in total. The highest BCUT2D eigenvalue weighted by Gasteiger charge is 2.38. The van der Waals surface area contributed by atoms with Crippen LogP contribution in [0.4, 0.5) is 16.2 Å². The first-order valence-electron chi connectivity index (χ1n) is 6.46. The second kappa shape index (κ2) is 4.91. The number of urea groups is 1. The zero-order chi connectivity index (χ0) is 14.0. The van der Waals surface area contributed by atoms with Crippen LogP contribution in [0.5, 0.6) is 0 Å². The molecule has 0 aromatic heterocycles. The van der Waals surface area contributed by atoms with Crippen LogP contribution in [0.15, 0.2) is 18.2 Å². The van der Waals surface area contributed by atoms with Gasteiger partial charge in [-0.15, -0.1) is 0 Å². The van der Waals surface area contributed by atoms with E-state index in [1.807, 2.05) is 32.9 Å². The number of fused-ring (bicyclic) bond motifs is 1. The Balaban J connectivity index is 2.14. The molecule has 1 aromatic carbocycles. The van der Waals surface area contributed by atoms with Crippen LogP contribution < -0.4 is 16.0 Å². The van der Waals surface area contributed by atoms with E-state index in [1.165, 1.54) is 0 Å². The van der Waals surface area contributed by atoms with Crippen LogP contribution in [0.3, 0.4) is 0 Å². The highest BCUT2D eigenvalue weighted by atomic mass is 16.2. The Hall–Kier alpha value is -2.04. The highest BCUT2D eigenvalue weighted by Crippen LogP contribution is 2.38. The summed E-state index contributed by atoms with van der Waals surface area (Å²) in [6.45, 7) is 6.40. The van der Waals surface area contributed by atoms with Crippen molar-refractivity contribution in [2.75, 3.05) is 17.2 Å². The fourth-order valence-electron chi connectivity index (χ4n) is 2.09. The van der Waals surface area contributed by atoms with E-state index in [0.717, 1.165) is 17.7 Å². The lowest BCUT2D eigenvalue weighted by molar-refractivity contribution is -0.119. The Labute approximate surface area is 112 Å². The summed E-state index contributed by atoms with van der Waals surface area (Å²) in [4.78, 5) is 23.4. The van der Waals surface area contributed by atoms with Crippen LogP contribution in [0.25, 0.3) is 0 Å². The highest BCUT2D eigenvalue weighted by molar-refractivity contribution is 6.06. The van der Waals surface area contributed by atoms with Gasteiger partial charge >= 0.3 is 6.03 Å². The largest absolute Gasteiger partial charge is 0.338 e. The third-order valence-corrected chi connectivity index (χ3v) is 3.30. The average molecular weight is 261 g/mol. The fourth-order valence-corrected chi connectivity index (χ4v) is 2.09. The van der Waals surface area contributed by atoms with Crippen molar-refractivity contribution in [1.82, 2.24) is 5.32 Å². The zero-order valence-corrected chi connectivity index (χ0v) is 11.5. The molecule has 3 N–H and O–H groups in total. The quantitative estimate of drug-likeness (QED) is 0.782. The molecular weight excluding hydrogens is 242 g/mol. The first-order valence-corrected chi connectivity index (χ1v) is 6.46. The van der Waals surface area contributed by atoms with Crippen LogP contribution in [-0.2, 0) is 10.2 Å². The second-order valence-corrected chi connectivity index (χ2v) is 5.22. The van der Waals surface area contributed by atoms with Crippen molar-refractivity contribution in [2.45, 2.75) is 32.6 Å². The van der Waals surface area contributed by atoms with Gasteiger partial charge in [-0.1, -0.05) is 13.0 Å². The van der Waals surface area contributed by atoms with Gasteiger partial charge in [0.1, 0.15) is 0 Å². The number of carbonyl (C=O) groups excluding carboxylic acids is 2. The number of rotatable bonds is 3. The van der Waals surface area contributed by atoms with Crippen molar-refractivity contribution in [1.29, 1.82) is 0 Å². The standard InChI is InChI=1S/C14H19N3O2/c1-4-7-15-13(19)16-9-5-6-10-11(8-9)17-12(18)14(10,2)3/h5-6,8H,4,7H2,1-3H3,(H,17,18)(H2,15,16,19). The average Bonchev–Trinajstić information content (AvgIpc) is 2.57. The summed E-state index contributed by atoms with van der Waals surface area (Å²) < 4.78 is 0. The number of hydrogen-bond acceptors (Lipinski definition) is 2. The van der Waals surface area contributed by atoms with Gasteiger partial charge in [-0.3, -0.25) is 4.79 Å². The SMILES string of the molecule is CCCNC(=O)Nc1ccc2c(c1)NC(=O)C2(C)C. The summed E-state index contributed by atoms with van der Waals surface area (Å²) in [7, 11) is 0. The maximum atomic E-state index is 11.8. The van der Waals surface area contributed by atoms with Gasteiger partial charge in [0.25, 0.3) is 0 Å². The molecule has 2 rings (SSSR count). The lowest BCUT2D eigenvalue weighted by atomic mass is 9.86. The van der Waals surface area contributed by atoms with Crippen LogP contribution in [0.1, 0.15) is 32.8 Å². The second-order valence-electron chi connectivity index (χ2n) is 5.22. The zero-order valence-electron chi connectivity index (χ0n) is 11.5. The molecule has 5 heteroatoms. The normalized spacial score (nSPS) is 15.6. The number of anilines is 2. The number of amides is 3. The Morgan fingerprint density at radius 3 is 2.79 bits per heavy atom. The van der Waals surface area contributed by atoms with E-state index in [1.54, 1.807) is 6.07 Å². The molecule has 0 spiro atoms. The third-order valence-electron chi connectivity index (χ3n) is 3.30. The molecule has 1 aliphatic heterocycles. The van der Waals surface area contributed by atoms with Gasteiger partial charge in [0.15, 0.2) is 0 Å². The van der Waals surface area contributed by atoms with Gasteiger partial charge in [-0.05, 0) is 38.0 Å². The lowest BCUT2D eigenvalue weighted by Crippen LogP contribution is -2.29. The van der Waals surface area contributed by atoms with E-state index in [9.17, 15) is 9.59 Å². The number of benzene rings is 1. The van der Waals surface area contributed by atoms with E-state index >= 15 is 0 Å². The van der Waals surface area contributed by atoms with Crippen LogP contribution in [0, 0.1) is 0 Å². The first-order chi connectivity index (χ1) is 8.95. The van der Waals surface area contributed by atoms with Crippen molar-refractivity contribution in [3.8, 4) is 0 Å². The summed E-state index contributed by atoms with van der Waals surface area (Å²) in [5.41, 5.74) is 1.88. The number of hydrogen-bond donors (Lipinski definition) is 3. The maximum absolute atomic E-state index is 11.8. The van der Waals surface area contributed by atoms with E-state index < -0.39 is 5.41 Å². The first kappa shape index (κ1) is 13.4. The van der Waals surface area contributed by atoms with Gasteiger partial charge in [-0.25, -0.2) is 4.79 Å². The summed E-state index contributed by atoms with van der Waals surface area (Å²) in [5.74, 6) is -0.0184. The predicted molar refractivity (Wildman–Crippen MR) is 75.4 cm³/mol. The van der Waals surface area contributed by atoms with Crippen molar-refractivity contribution >= 4 is 23.3 Å². The van der Waals surface area contributed by atoms with Crippen LogP contribution in [0.2, 0.25) is 0 Å². The summed E-state index contributed by atoms with van der Waals surface area (Å²) in [5, 5.41) is 8.32. The Morgan fingerprint density at radius 2 is 2.11 bits per heavy atom. The molecular formula is C14H19N3O2. The minimum Gasteiger partial charge on any atom is -0.338 e. The molecule has 0 saturated heterocycles.